The van der Waals surface area contributed by atoms with Crippen LogP contribution in [0, 0.1) is 0 Å². The first-order valence-electron chi connectivity index (χ1n) is 8.86. The van der Waals surface area contributed by atoms with Crippen LogP contribution in [0.15, 0.2) is 65.4 Å². The molecular formula is C22H23NO2S. The highest BCUT2D eigenvalue weighted by molar-refractivity contribution is 7.08. The van der Waals surface area contributed by atoms with E-state index in [-0.39, 0.29) is 5.91 Å². The van der Waals surface area contributed by atoms with Crippen LogP contribution in [0.25, 0.3) is 11.1 Å². The second-order valence-corrected chi connectivity index (χ2v) is 6.77. The Hall–Kier alpha value is -2.59. The lowest BCUT2D eigenvalue weighted by molar-refractivity contribution is -0.121. The lowest BCUT2D eigenvalue weighted by Gasteiger charge is -2.11. The summed E-state index contributed by atoms with van der Waals surface area (Å²) in [5, 5.41) is 7.25. The first kappa shape index (κ1) is 18.2. The van der Waals surface area contributed by atoms with Crippen LogP contribution < -0.4 is 10.1 Å². The number of ether oxygens (including phenoxy) is 1. The average molecular weight is 365 g/mol. The van der Waals surface area contributed by atoms with Crippen molar-refractivity contribution in [3.63, 3.8) is 0 Å². The molecule has 1 amide bonds. The molecule has 1 N–H and O–H groups in total. The number of thiophene rings is 1. The molecule has 26 heavy (non-hydrogen) atoms. The Labute approximate surface area is 158 Å². The number of benzene rings is 2. The number of hydrogen-bond acceptors (Lipinski definition) is 3. The molecular weight excluding hydrogens is 342 g/mol. The van der Waals surface area contributed by atoms with Crippen LogP contribution in [0.3, 0.4) is 0 Å². The zero-order valence-electron chi connectivity index (χ0n) is 14.9. The maximum atomic E-state index is 12.3. The molecule has 0 spiro atoms. The molecule has 0 atom stereocenters. The minimum atomic E-state index is 0.0522. The van der Waals surface area contributed by atoms with Gasteiger partial charge in [-0.25, -0.2) is 0 Å². The fraction of sp³-hybridized carbons (Fsp3) is 0.227. The predicted molar refractivity (Wildman–Crippen MR) is 108 cm³/mol. The largest absolute Gasteiger partial charge is 0.494 e. The Bertz CT molecular complexity index is 843. The SMILES string of the molecule is CCOc1ccccc1CCC(=O)NCc1ccccc1-c1ccsc1. The number of rotatable bonds is 8. The van der Waals surface area contributed by atoms with Crippen molar-refractivity contribution in [2.45, 2.75) is 26.3 Å². The van der Waals surface area contributed by atoms with E-state index in [0.29, 0.717) is 26.0 Å². The Morgan fingerprint density at radius 3 is 2.58 bits per heavy atom. The van der Waals surface area contributed by atoms with Gasteiger partial charge >= 0.3 is 0 Å². The van der Waals surface area contributed by atoms with Crippen LogP contribution in [0.1, 0.15) is 24.5 Å². The second kappa shape index (κ2) is 9.20. The van der Waals surface area contributed by atoms with E-state index in [4.69, 9.17) is 4.74 Å². The molecule has 0 aliphatic rings. The predicted octanol–water partition coefficient (Wildman–Crippen LogP) is 5.06. The van der Waals surface area contributed by atoms with Gasteiger partial charge in [0, 0.05) is 13.0 Å². The second-order valence-electron chi connectivity index (χ2n) is 5.99. The highest BCUT2D eigenvalue weighted by atomic mass is 32.1. The van der Waals surface area contributed by atoms with Crippen LogP contribution in [-0.2, 0) is 17.8 Å². The van der Waals surface area contributed by atoms with Gasteiger partial charge in [-0.3, -0.25) is 4.79 Å². The zero-order valence-corrected chi connectivity index (χ0v) is 15.7. The molecule has 0 fully saturated rings. The van der Waals surface area contributed by atoms with Crippen LogP contribution in [0.2, 0.25) is 0 Å². The number of carbonyl (C=O) groups is 1. The van der Waals surface area contributed by atoms with Crippen LogP contribution in [-0.4, -0.2) is 12.5 Å². The molecule has 0 saturated carbocycles. The summed E-state index contributed by atoms with van der Waals surface area (Å²) in [4.78, 5) is 12.3. The molecule has 0 saturated heterocycles. The third-order valence-corrected chi connectivity index (χ3v) is 4.90. The topological polar surface area (TPSA) is 38.3 Å². The highest BCUT2D eigenvalue weighted by Crippen LogP contribution is 2.25. The fourth-order valence-corrected chi connectivity index (χ4v) is 3.57. The summed E-state index contributed by atoms with van der Waals surface area (Å²) in [6.45, 7) is 3.13. The van der Waals surface area contributed by atoms with Gasteiger partial charge in [0.25, 0.3) is 0 Å². The van der Waals surface area contributed by atoms with Crippen molar-refractivity contribution in [1.29, 1.82) is 0 Å². The minimum absolute atomic E-state index is 0.0522. The molecule has 1 heterocycles. The third-order valence-electron chi connectivity index (χ3n) is 4.22. The maximum Gasteiger partial charge on any atom is 0.220 e. The van der Waals surface area contributed by atoms with E-state index in [9.17, 15) is 4.79 Å². The van der Waals surface area contributed by atoms with Crippen molar-refractivity contribution in [2.24, 2.45) is 0 Å². The summed E-state index contributed by atoms with van der Waals surface area (Å²) in [7, 11) is 0. The Kier molecular flexibility index (Phi) is 6.45. The van der Waals surface area contributed by atoms with Gasteiger partial charge in [-0.2, -0.15) is 11.3 Å². The zero-order chi connectivity index (χ0) is 18.2. The molecule has 0 bridgehead atoms. The van der Waals surface area contributed by atoms with E-state index in [0.717, 1.165) is 16.9 Å². The van der Waals surface area contributed by atoms with Gasteiger partial charge in [-0.15, -0.1) is 0 Å². The molecule has 0 aliphatic carbocycles. The van der Waals surface area contributed by atoms with Crippen molar-refractivity contribution in [3.05, 3.63) is 76.5 Å². The summed E-state index contributed by atoms with van der Waals surface area (Å²) < 4.78 is 5.62. The molecule has 3 aromatic rings. The Morgan fingerprint density at radius 2 is 1.81 bits per heavy atom. The van der Waals surface area contributed by atoms with Gasteiger partial charge in [0.1, 0.15) is 5.75 Å². The average Bonchev–Trinajstić information content (AvgIpc) is 3.21. The number of amides is 1. The first-order chi connectivity index (χ1) is 12.8. The van der Waals surface area contributed by atoms with E-state index >= 15 is 0 Å². The summed E-state index contributed by atoms with van der Waals surface area (Å²) in [5.41, 5.74) is 4.58. The van der Waals surface area contributed by atoms with Crippen molar-refractivity contribution < 1.29 is 9.53 Å². The van der Waals surface area contributed by atoms with Crippen molar-refractivity contribution in [3.8, 4) is 16.9 Å². The van der Waals surface area contributed by atoms with Crippen LogP contribution in [0.4, 0.5) is 0 Å². The van der Waals surface area contributed by atoms with Gasteiger partial charge in [0.05, 0.1) is 6.61 Å². The van der Waals surface area contributed by atoms with Crippen molar-refractivity contribution in [2.75, 3.05) is 6.61 Å². The molecule has 3 nitrogen and oxygen atoms in total. The molecule has 3 rings (SSSR count). The molecule has 0 aliphatic heterocycles. The number of hydrogen-bond donors (Lipinski definition) is 1. The van der Waals surface area contributed by atoms with E-state index < -0.39 is 0 Å². The van der Waals surface area contributed by atoms with Gasteiger partial charge < -0.3 is 10.1 Å². The summed E-state index contributed by atoms with van der Waals surface area (Å²) in [5.74, 6) is 0.919. The maximum absolute atomic E-state index is 12.3. The third kappa shape index (κ3) is 4.73. The Balaban J connectivity index is 1.57. The molecule has 2 aromatic carbocycles. The Morgan fingerprint density at radius 1 is 1.04 bits per heavy atom. The van der Waals surface area contributed by atoms with Crippen molar-refractivity contribution >= 4 is 17.2 Å². The number of aryl methyl sites for hydroxylation is 1. The van der Waals surface area contributed by atoms with Crippen LogP contribution >= 0.6 is 11.3 Å². The van der Waals surface area contributed by atoms with Gasteiger partial charge in [-0.1, -0.05) is 42.5 Å². The lowest BCUT2D eigenvalue weighted by atomic mass is 10.0. The van der Waals surface area contributed by atoms with Gasteiger partial charge in [-0.05, 0) is 58.5 Å². The lowest BCUT2D eigenvalue weighted by Crippen LogP contribution is -2.23. The molecule has 0 radical (unpaired) electrons. The van der Waals surface area contributed by atoms with E-state index in [1.165, 1.54) is 11.1 Å². The highest BCUT2D eigenvalue weighted by Gasteiger charge is 2.09. The van der Waals surface area contributed by atoms with Crippen molar-refractivity contribution in [1.82, 2.24) is 5.32 Å². The van der Waals surface area contributed by atoms with Gasteiger partial charge in [0.2, 0.25) is 5.91 Å². The normalized spacial score (nSPS) is 10.5. The standard InChI is InChI=1S/C22H23NO2S/c1-2-25-21-10-6-4-7-17(21)11-12-22(24)23-15-18-8-3-5-9-20(18)19-13-14-26-16-19/h3-10,13-14,16H,2,11-12,15H2,1H3,(H,23,24). The first-order valence-corrected chi connectivity index (χ1v) is 9.80. The monoisotopic (exact) mass is 365 g/mol. The number of nitrogens with one attached hydrogen (secondary N) is 1. The number of para-hydroxylation sites is 1. The smallest absolute Gasteiger partial charge is 0.220 e. The molecule has 0 unspecified atom stereocenters. The van der Waals surface area contributed by atoms with Gasteiger partial charge in [0.15, 0.2) is 0 Å². The van der Waals surface area contributed by atoms with E-state index in [1.807, 2.05) is 43.3 Å². The van der Waals surface area contributed by atoms with E-state index in [2.05, 4.69) is 34.3 Å². The molecule has 1 aromatic heterocycles. The van der Waals surface area contributed by atoms with Crippen LogP contribution in [0.5, 0.6) is 5.75 Å². The number of carbonyl (C=O) groups excluding carboxylic acids is 1. The fourth-order valence-electron chi connectivity index (χ4n) is 2.91. The quantitative estimate of drug-likeness (QED) is 0.606. The van der Waals surface area contributed by atoms with E-state index in [1.54, 1.807) is 11.3 Å². The minimum Gasteiger partial charge on any atom is -0.494 e. The molecule has 4 heteroatoms. The summed E-state index contributed by atoms with van der Waals surface area (Å²) in [6, 6.07) is 18.2. The summed E-state index contributed by atoms with van der Waals surface area (Å²) >= 11 is 1.68. The summed E-state index contributed by atoms with van der Waals surface area (Å²) in [6.07, 6.45) is 1.12. The molecule has 134 valence electrons.